The molecule has 3 aromatic carbocycles. The second-order valence-corrected chi connectivity index (χ2v) is 6.69. The lowest BCUT2D eigenvalue weighted by Gasteiger charge is -2.09. The van der Waals surface area contributed by atoms with Gasteiger partial charge in [-0.3, -0.25) is 0 Å². The van der Waals surface area contributed by atoms with Crippen molar-refractivity contribution in [2.75, 3.05) is 0 Å². The molecule has 3 rings (SSSR count). The molecule has 132 valence electrons. The minimum atomic E-state index is -0.334. The number of carbonyl (C=O) groups is 1. The monoisotopic (exact) mass is 344 g/mol. The Bertz CT molecular complexity index is 834. The smallest absolute Gasteiger partial charge is 0.343 e. The van der Waals surface area contributed by atoms with Gasteiger partial charge in [-0.1, -0.05) is 74.9 Å². The third-order valence-corrected chi connectivity index (χ3v) is 4.64. The molecule has 2 nitrogen and oxygen atoms in total. The van der Waals surface area contributed by atoms with E-state index in [1.54, 1.807) is 0 Å². The van der Waals surface area contributed by atoms with Crippen molar-refractivity contribution in [1.29, 1.82) is 0 Å². The van der Waals surface area contributed by atoms with E-state index < -0.39 is 0 Å². The Hall–Kier alpha value is -2.87. The second kappa shape index (κ2) is 8.48. The van der Waals surface area contributed by atoms with Gasteiger partial charge in [0, 0.05) is 0 Å². The van der Waals surface area contributed by atoms with Crippen LogP contribution in [-0.4, -0.2) is 5.97 Å². The summed E-state index contributed by atoms with van der Waals surface area (Å²) in [5.74, 6) is 0.904. The fourth-order valence-electron chi connectivity index (χ4n) is 2.84. The van der Waals surface area contributed by atoms with Crippen LogP contribution in [0.25, 0.3) is 11.1 Å². The van der Waals surface area contributed by atoms with Crippen LogP contribution < -0.4 is 4.74 Å². The molecule has 0 amide bonds. The molecule has 0 aliphatic carbocycles. The van der Waals surface area contributed by atoms with E-state index in [9.17, 15) is 4.79 Å². The van der Waals surface area contributed by atoms with E-state index in [4.69, 9.17) is 4.74 Å². The number of benzene rings is 3. The van der Waals surface area contributed by atoms with Gasteiger partial charge in [0.2, 0.25) is 0 Å². The fraction of sp³-hybridized carbons (Fsp3) is 0.208. The first-order chi connectivity index (χ1) is 12.7. The number of ether oxygens (including phenoxy) is 1. The molecule has 0 aliphatic heterocycles. The zero-order valence-corrected chi connectivity index (χ0v) is 15.3. The fourth-order valence-corrected chi connectivity index (χ4v) is 2.84. The SMILES string of the molecule is CCC(C)Cc1ccc(OC(=O)c2ccc(-c3ccccc3)cc2)cc1. The lowest BCUT2D eigenvalue weighted by Crippen LogP contribution is -2.08. The first-order valence-electron chi connectivity index (χ1n) is 9.12. The predicted octanol–water partition coefficient (Wildman–Crippen LogP) is 6.16. The quantitative estimate of drug-likeness (QED) is 0.395. The average Bonchev–Trinajstić information content (AvgIpc) is 2.70. The van der Waals surface area contributed by atoms with Crippen LogP contribution in [0.4, 0.5) is 0 Å². The van der Waals surface area contributed by atoms with Gasteiger partial charge in [0.05, 0.1) is 5.56 Å². The molecule has 0 saturated heterocycles. The minimum Gasteiger partial charge on any atom is -0.423 e. The highest BCUT2D eigenvalue weighted by molar-refractivity contribution is 5.91. The second-order valence-electron chi connectivity index (χ2n) is 6.69. The Labute approximate surface area is 155 Å². The average molecular weight is 344 g/mol. The molecular formula is C24H24O2. The summed E-state index contributed by atoms with van der Waals surface area (Å²) in [7, 11) is 0. The molecule has 0 radical (unpaired) electrons. The van der Waals surface area contributed by atoms with E-state index in [1.165, 1.54) is 5.56 Å². The molecule has 0 spiro atoms. The summed E-state index contributed by atoms with van der Waals surface area (Å²) < 4.78 is 5.49. The van der Waals surface area contributed by atoms with Gasteiger partial charge in [-0.25, -0.2) is 4.79 Å². The zero-order chi connectivity index (χ0) is 18.4. The highest BCUT2D eigenvalue weighted by atomic mass is 16.5. The summed E-state index contributed by atoms with van der Waals surface area (Å²) >= 11 is 0. The topological polar surface area (TPSA) is 26.3 Å². The van der Waals surface area contributed by atoms with Crippen molar-refractivity contribution in [3.8, 4) is 16.9 Å². The number of hydrogen-bond acceptors (Lipinski definition) is 2. The van der Waals surface area contributed by atoms with Crippen molar-refractivity contribution in [2.45, 2.75) is 26.7 Å². The molecule has 0 N–H and O–H groups in total. The van der Waals surface area contributed by atoms with E-state index in [1.807, 2.05) is 78.9 Å². The molecule has 2 heteroatoms. The maximum Gasteiger partial charge on any atom is 0.343 e. The van der Waals surface area contributed by atoms with E-state index >= 15 is 0 Å². The third-order valence-electron chi connectivity index (χ3n) is 4.64. The summed E-state index contributed by atoms with van der Waals surface area (Å²) in [6.45, 7) is 4.44. The first-order valence-corrected chi connectivity index (χ1v) is 9.12. The van der Waals surface area contributed by atoms with Gasteiger partial charge in [-0.2, -0.15) is 0 Å². The van der Waals surface area contributed by atoms with Crippen LogP contribution in [-0.2, 0) is 6.42 Å². The van der Waals surface area contributed by atoms with Crippen molar-refractivity contribution >= 4 is 5.97 Å². The molecule has 0 saturated carbocycles. The predicted molar refractivity (Wildman–Crippen MR) is 106 cm³/mol. The van der Waals surface area contributed by atoms with Crippen LogP contribution in [0.1, 0.15) is 36.2 Å². The Balaban J connectivity index is 1.64. The van der Waals surface area contributed by atoms with Gasteiger partial charge in [-0.05, 0) is 53.3 Å². The Morgan fingerprint density at radius 2 is 1.46 bits per heavy atom. The van der Waals surface area contributed by atoms with Crippen molar-refractivity contribution in [1.82, 2.24) is 0 Å². The van der Waals surface area contributed by atoms with Crippen LogP contribution in [0.5, 0.6) is 5.75 Å². The Morgan fingerprint density at radius 3 is 2.08 bits per heavy atom. The number of esters is 1. The summed E-state index contributed by atoms with van der Waals surface area (Å²) in [5.41, 5.74) is 4.03. The van der Waals surface area contributed by atoms with Gasteiger partial charge in [0.15, 0.2) is 0 Å². The van der Waals surface area contributed by atoms with Crippen LogP contribution in [0.15, 0.2) is 78.9 Å². The normalized spacial score (nSPS) is 11.8. The van der Waals surface area contributed by atoms with E-state index in [0.29, 0.717) is 17.2 Å². The highest BCUT2D eigenvalue weighted by Crippen LogP contribution is 2.21. The number of hydrogen-bond donors (Lipinski definition) is 0. The molecule has 0 bridgehead atoms. The Kier molecular flexibility index (Phi) is 5.85. The maximum atomic E-state index is 12.3. The summed E-state index contributed by atoms with van der Waals surface area (Å²) in [6, 6.07) is 25.4. The van der Waals surface area contributed by atoms with Crippen LogP contribution in [0.3, 0.4) is 0 Å². The van der Waals surface area contributed by atoms with Crippen molar-refractivity contribution < 1.29 is 9.53 Å². The van der Waals surface area contributed by atoms with Gasteiger partial charge in [0.25, 0.3) is 0 Å². The third kappa shape index (κ3) is 4.60. The molecule has 1 unspecified atom stereocenters. The van der Waals surface area contributed by atoms with Gasteiger partial charge in [0.1, 0.15) is 5.75 Å². The van der Waals surface area contributed by atoms with Gasteiger partial charge < -0.3 is 4.74 Å². The maximum absolute atomic E-state index is 12.3. The molecule has 3 aromatic rings. The van der Waals surface area contributed by atoms with Gasteiger partial charge >= 0.3 is 5.97 Å². The zero-order valence-electron chi connectivity index (χ0n) is 15.3. The van der Waals surface area contributed by atoms with E-state index in [2.05, 4.69) is 13.8 Å². The number of carbonyl (C=O) groups excluding carboxylic acids is 1. The summed E-state index contributed by atoms with van der Waals surface area (Å²) in [4.78, 5) is 12.3. The Morgan fingerprint density at radius 1 is 0.846 bits per heavy atom. The molecule has 26 heavy (non-hydrogen) atoms. The lowest BCUT2D eigenvalue weighted by molar-refractivity contribution is 0.0734. The van der Waals surface area contributed by atoms with Crippen molar-refractivity contribution in [3.63, 3.8) is 0 Å². The molecule has 0 heterocycles. The van der Waals surface area contributed by atoms with Crippen LogP contribution in [0.2, 0.25) is 0 Å². The van der Waals surface area contributed by atoms with Crippen LogP contribution >= 0.6 is 0 Å². The van der Waals surface area contributed by atoms with Crippen molar-refractivity contribution in [3.05, 3.63) is 90.0 Å². The van der Waals surface area contributed by atoms with E-state index in [-0.39, 0.29) is 5.97 Å². The summed E-state index contributed by atoms with van der Waals surface area (Å²) in [5, 5.41) is 0. The van der Waals surface area contributed by atoms with Gasteiger partial charge in [-0.15, -0.1) is 0 Å². The van der Waals surface area contributed by atoms with Crippen molar-refractivity contribution in [2.24, 2.45) is 5.92 Å². The minimum absolute atomic E-state index is 0.334. The van der Waals surface area contributed by atoms with E-state index in [0.717, 1.165) is 24.0 Å². The molecule has 0 aromatic heterocycles. The summed E-state index contributed by atoms with van der Waals surface area (Å²) in [6.07, 6.45) is 2.21. The molecule has 1 atom stereocenters. The standard InChI is InChI=1S/C24H24O2/c1-3-18(2)17-19-9-15-23(16-10-19)26-24(25)22-13-11-21(12-14-22)20-7-5-4-6-8-20/h4-16,18H,3,17H2,1-2H3. The molecule has 0 fully saturated rings. The molecule has 0 aliphatic rings. The lowest BCUT2D eigenvalue weighted by atomic mass is 9.99. The highest BCUT2D eigenvalue weighted by Gasteiger charge is 2.09. The first kappa shape index (κ1) is 17.9. The molecular weight excluding hydrogens is 320 g/mol. The number of rotatable bonds is 6. The van der Waals surface area contributed by atoms with Crippen LogP contribution in [0, 0.1) is 5.92 Å². The largest absolute Gasteiger partial charge is 0.423 e.